The van der Waals surface area contributed by atoms with Gasteiger partial charge in [0.15, 0.2) is 0 Å². The Hall–Kier alpha value is -2.61. The lowest BCUT2D eigenvalue weighted by Gasteiger charge is -2.18. The van der Waals surface area contributed by atoms with Crippen LogP contribution in [0.4, 0.5) is 0 Å². The van der Waals surface area contributed by atoms with Gasteiger partial charge >= 0.3 is 0 Å². The number of carbonyl (C=O) groups excluding carboxylic acids is 1. The number of ketones is 1. The average molecular weight is 260 g/mol. The number of benzene rings is 2. The molecule has 2 heteroatoms. The lowest BCUT2D eigenvalue weighted by atomic mass is 9.95. The molecule has 0 radical (unpaired) electrons. The van der Waals surface area contributed by atoms with Gasteiger partial charge in [0.1, 0.15) is 5.75 Å². The maximum Gasteiger partial charge on any atom is 0.218 e. The van der Waals surface area contributed by atoms with Crippen LogP contribution in [0.15, 0.2) is 60.7 Å². The Kier molecular flexibility index (Phi) is 2.21. The van der Waals surface area contributed by atoms with Crippen LogP contribution < -0.4 is 4.74 Å². The lowest BCUT2D eigenvalue weighted by Crippen LogP contribution is -2.35. The van der Waals surface area contributed by atoms with Gasteiger partial charge in [0.25, 0.3) is 0 Å². The molecule has 0 fully saturated rings. The number of hydrogen-bond acceptors (Lipinski definition) is 2. The molecule has 2 aromatic carbocycles. The van der Waals surface area contributed by atoms with E-state index in [-0.39, 0.29) is 5.78 Å². The number of rotatable bonds is 0. The molecule has 2 aliphatic rings. The van der Waals surface area contributed by atoms with Crippen LogP contribution in [0.25, 0.3) is 12.2 Å². The quantitative estimate of drug-likeness (QED) is 0.721. The monoisotopic (exact) mass is 260 g/mol. The number of ether oxygens (including phenoxy) is 1. The number of para-hydroxylation sites is 1. The van der Waals surface area contributed by atoms with Gasteiger partial charge < -0.3 is 4.74 Å². The molecule has 20 heavy (non-hydrogen) atoms. The first-order valence-electron chi connectivity index (χ1n) is 6.59. The number of hydrogen-bond donors (Lipinski definition) is 0. The third kappa shape index (κ3) is 1.48. The van der Waals surface area contributed by atoms with Gasteiger partial charge in [0, 0.05) is 0 Å². The standard InChI is InChI=1S/C18H12O2/c19-17-15-7-3-4-8-16(15)20-18(17)11-9-13-5-1-2-6-14(13)10-12-18/h1-12H. The first-order valence-corrected chi connectivity index (χ1v) is 6.59. The fourth-order valence-corrected chi connectivity index (χ4v) is 2.70. The summed E-state index contributed by atoms with van der Waals surface area (Å²) in [5.41, 5.74) is 1.83. The van der Waals surface area contributed by atoms with E-state index in [0.29, 0.717) is 11.3 Å². The second kappa shape index (κ2) is 3.94. The SMILES string of the molecule is O=C1c2ccccc2OC12C=Cc1ccccc1C=C2. The summed E-state index contributed by atoms with van der Waals surface area (Å²) in [5, 5.41) is 0. The highest BCUT2D eigenvalue weighted by atomic mass is 16.5. The van der Waals surface area contributed by atoms with Crippen molar-refractivity contribution in [3.63, 3.8) is 0 Å². The summed E-state index contributed by atoms with van der Waals surface area (Å²) < 4.78 is 5.94. The highest BCUT2D eigenvalue weighted by molar-refractivity contribution is 6.11. The first kappa shape index (κ1) is 11.2. The minimum Gasteiger partial charge on any atom is -0.470 e. The molecule has 0 unspecified atom stereocenters. The molecule has 0 atom stereocenters. The average Bonchev–Trinajstić information content (AvgIpc) is 2.65. The molecule has 0 saturated carbocycles. The Balaban J connectivity index is 1.85. The number of carbonyl (C=O) groups is 1. The van der Waals surface area contributed by atoms with Crippen LogP contribution in [-0.4, -0.2) is 11.4 Å². The predicted octanol–water partition coefficient (Wildman–Crippen LogP) is 3.74. The summed E-state index contributed by atoms with van der Waals surface area (Å²) in [6.45, 7) is 0. The summed E-state index contributed by atoms with van der Waals surface area (Å²) in [5.74, 6) is 0.645. The van der Waals surface area contributed by atoms with Crippen LogP contribution in [0.2, 0.25) is 0 Å². The molecule has 1 spiro atoms. The normalized spacial score (nSPS) is 17.5. The summed E-state index contributed by atoms with van der Waals surface area (Å²) in [6, 6.07) is 15.4. The van der Waals surface area contributed by atoms with Crippen molar-refractivity contribution in [3.8, 4) is 5.75 Å². The molecule has 0 aromatic heterocycles. The van der Waals surface area contributed by atoms with E-state index < -0.39 is 5.60 Å². The largest absolute Gasteiger partial charge is 0.470 e. The van der Waals surface area contributed by atoms with Crippen molar-refractivity contribution in [3.05, 3.63) is 77.4 Å². The van der Waals surface area contributed by atoms with Crippen LogP contribution in [0.5, 0.6) is 5.75 Å². The van der Waals surface area contributed by atoms with E-state index in [2.05, 4.69) is 0 Å². The number of Topliss-reactive ketones (excluding diaryl/α,β-unsaturated/α-hetero) is 1. The van der Waals surface area contributed by atoms with E-state index in [9.17, 15) is 4.79 Å². The lowest BCUT2D eigenvalue weighted by molar-refractivity contribution is 0.0812. The van der Waals surface area contributed by atoms with Crippen molar-refractivity contribution in [2.45, 2.75) is 5.60 Å². The van der Waals surface area contributed by atoms with Gasteiger partial charge in [-0.25, -0.2) is 0 Å². The van der Waals surface area contributed by atoms with Gasteiger partial charge in [-0.2, -0.15) is 0 Å². The van der Waals surface area contributed by atoms with Crippen LogP contribution in [-0.2, 0) is 0 Å². The molecule has 96 valence electrons. The zero-order valence-corrected chi connectivity index (χ0v) is 10.7. The second-order valence-corrected chi connectivity index (χ2v) is 5.02. The van der Waals surface area contributed by atoms with Crippen molar-refractivity contribution in [2.24, 2.45) is 0 Å². The maximum absolute atomic E-state index is 12.6. The molecule has 2 aromatic rings. The minimum atomic E-state index is -0.997. The van der Waals surface area contributed by atoms with Crippen LogP contribution in [0.1, 0.15) is 21.5 Å². The second-order valence-electron chi connectivity index (χ2n) is 5.02. The Bertz CT molecular complexity index is 735. The highest BCUT2D eigenvalue weighted by Crippen LogP contribution is 2.38. The van der Waals surface area contributed by atoms with Gasteiger partial charge in [0.2, 0.25) is 11.4 Å². The van der Waals surface area contributed by atoms with E-state index in [1.165, 1.54) is 0 Å². The molecular formula is C18H12O2. The predicted molar refractivity (Wildman–Crippen MR) is 78.6 cm³/mol. The van der Waals surface area contributed by atoms with E-state index in [0.717, 1.165) is 11.1 Å². The third-order valence-electron chi connectivity index (χ3n) is 3.78. The Morgan fingerprint density at radius 3 is 2.05 bits per heavy atom. The zero-order valence-electron chi connectivity index (χ0n) is 10.7. The molecule has 1 aliphatic carbocycles. The first-order chi connectivity index (χ1) is 9.78. The molecule has 0 bridgehead atoms. The summed E-state index contributed by atoms with van der Waals surface area (Å²) in [6.07, 6.45) is 7.60. The minimum absolute atomic E-state index is 0.00611. The van der Waals surface area contributed by atoms with E-state index in [4.69, 9.17) is 4.74 Å². The Morgan fingerprint density at radius 2 is 1.40 bits per heavy atom. The van der Waals surface area contributed by atoms with Crippen LogP contribution in [0.3, 0.4) is 0 Å². The third-order valence-corrected chi connectivity index (χ3v) is 3.78. The summed E-state index contributed by atoms with van der Waals surface area (Å²) in [7, 11) is 0. The van der Waals surface area contributed by atoms with Crippen molar-refractivity contribution in [1.29, 1.82) is 0 Å². The highest BCUT2D eigenvalue weighted by Gasteiger charge is 2.44. The maximum atomic E-state index is 12.6. The molecule has 2 nitrogen and oxygen atoms in total. The number of fused-ring (bicyclic) bond motifs is 2. The van der Waals surface area contributed by atoms with Gasteiger partial charge in [-0.05, 0) is 35.4 Å². The van der Waals surface area contributed by atoms with Gasteiger partial charge in [-0.3, -0.25) is 4.79 Å². The topological polar surface area (TPSA) is 26.3 Å². The molecule has 1 heterocycles. The molecule has 0 amide bonds. The van der Waals surface area contributed by atoms with Crippen LogP contribution in [0, 0.1) is 0 Å². The molecule has 0 saturated heterocycles. The van der Waals surface area contributed by atoms with E-state index >= 15 is 0 Å². The van der Waals surface area contributed by atoms with Crippen molar-refractivity contribution >= 4 is 17.9 Å². The van der Waals surface area contributed by atoms with Crippen molar-refractivity contribution in [1.82, 2.24) is 0 Å². The van der Waals surface area contributed by atoms with E-state index in [1.807, 2.05) is 72.8 Å². The van der Waals surface area contributed by atoms with Crippen LogP contribution >= 0.6 is 0 Å². The molecule has 4 rings (SSSR count). The molecule has 1 aliphatic heterocycles. The Labute approximate surface area is 117 Å². The molecule has 0 N–H and O–H groups in total. The Morgan fingerprint density at radius 1 is 0.800 bits per heavy atom. The smallest absolute Gasteiger partial charge is 0.218 e. The van der Waals surface area contributed by atoms with Gasteiger partial charge in [-0.15, -0.1) is 0 Å². The van der Waals surface area contributed by atoms with Crippen molar-refractivity contribution in [2.75, 3.05) is 0 Å². The van der Waals surface area contributed by atoms with Gasteiger partial charge in [0.05, 0.1) is 5.56 Å². The van der Waals surface area contributed by atoms with Crippen molar-refractivity contribution < 1.29 is 9.53 Å². The molecular weight excluding hydrogens is 248 g/mol. The summed E-state index contributed by atoms with van der Waals surface area (Å²) in [4.78, 5) is 12.6. The fraction of sp³-hybridized carbons (Fsp3) is 0.0556. The summed E-state index contributed by atoms with van der Waals surface area (Å²) >= 11 is 0. The van der Waals surface area contributed by atoms with Gasteiger partial charge in [-0.1, -0.05) is 48.6 Å². The van der Waals surface area contributed by atoms with E-state index in [1.54, 1.807) is 0 Å². The fourth-order valence-electron chi connectivity index (χ4n) is 2.70. The zero-order chi connectivity index (χ0) is 13.6.